The molecule has 14 nitrogen and oxygen atoms in total. The zero-order valence-corrected chi connectivity index (χ0v) is 18.3. The van der Waals surface area contributed by atoms with Crippen LogP contribution in [0.4, 0.5) is 0 Å². The van der Waals surface area contributed by atoms with Crippen LogP contribution in [0.2, 0.25) is 0 Å². The fourth-order valence-electron chi connectivity index (χ4n) is 3.89. The van der Waals surface area contributed by atoms with Gasteiger partial charge in [-0.15, -0.1) is 0 Å². The Morgan fingerprint density at radius 3 is 2.17 bits per heavy atom. The Morgan fingerprint density at radius 1 is 0.914 bits per heavy atom. The van der Waals surface area contributed by atoms with Gasteiger partial charge in [0.05, 0.1) is 25.2 Å². The van der Waals surface area contributed by atoms with Gasteiger partial charge in [0.2, 0.25) is 5.79 Å². The first-order chi connectivity index (χ1) is 16.5. The first-order valence-electron chi connectivity index (χ1n) is 10.6. The standard InChI is InChI=1S/C21H28O14/c22-6-11-14(25)16(27)17(28)20(33-11)35-21(18(29)15(26)12(7-23)34-21)8-32-13(24)5-9-3-1-2-4-10(9)19(30)31/h1-4,11-12,14-18,20,22-23,25-29H,5-8H2,(H,30,31)/t11-,12-,14-,15-,16+,17-,18+,20-,21+/m1/s1. The second-order valence-electron chi connectivity index (χ2n) is 8.20. The van der Waals surface area contributed by atoms with Crippen LogP contribution in [0.15, 0.2) is 24.3 Å². The maximum atomic E-state index is 12.5. The molecule has 9 atom stereocenters. The summed E-state index contributed by atoms with van der Waals surface area (Å²) < 4.78 is 21.3. The van der Waals surface area contributed by atoms with E-state index in [-0.39, 0.29) is 11.1 Å². The molecule has 0 amide bonds. The van der Waals surface area contributed by atoms with Crippen molar-refractivity contribution in [2.75, 3.05) is 19.8 Å². The lowest BCUT2D eigenvalue weighted by Gasteiger charge is -2.43. The molecule has 2 aliphatic rings. The number of benzene rings is 1. The minimum absolute atomic E-state index is 0.134. The molecule has 2 aliphatic heterocycles. The van der Waals surface area contributed by atoms with Gasteiger partial charge in [-0.05, 0) is 11.6 Å². The molecule has 14 heteroatoms. The fourth-order valence-corrected chi connectivity index (χ4v) is 3.89. The van der Waals surface area contributed by atoms with E-state index in [2.05, 4.69) is 0 Å². The van der Waals surface area contributed by atoms with E-state index < -0.39 is 93.0 Å². The smallest absolute Gasteiger partial charge is 0.335 e. The zero-order valence-electron chi connectivity index (χ0n) is 18.3. The van der Waals surface area contributed by atoms with Crippen molar-refractivity contribution in [3.63, 3.8) is 0 Å². The molecule has 2 fully saturated rings. The molecule has 35 heavy (non-hydrogen) atoms. The van der Waals surface area contributed by atoms with E-state index in [1.165, 1.54) is 24.3 Å². The molecule has 2 heterocycles. The van der Waals surface area contributed by atoms with Gasteiger partial charge >= 0.3 is 11.9 Å². The lowest BCUT2D eigenvalue weighted by atomic mass is 9.99. The Balaban J connectivity index is 1.79. The maximum Gasteiger partial charge on any atom is 0.335 e. The van der Waals surface area contributed by atoms with E-state index in [0.29, 0.717) is 0 Å². The van der Waals surface area contributed by atoms with Gasteiger partial charge in [-0.2, -0.15) is 0 Å². The molecule has 0 radical (unpaired) electrons. The number of carbonyl (C=O) groups is 2. The minimum atomic E-state index is -2.41. The molecule has 0 spiro atoms. The van der Waals surface area contributed by atoms with E-state index in [0.717, 1.165) is 0 Å². The van der Waals surface area contributed by atoms with Gasteiger partial charge in [0.15, 0.2) is 6.29 Å². The summed E-state index contributed by atoms with van der Waals surface area (Å²) in [6.45, 7) is -2.47. The first kappa shape index (κ1) is 27.3. The molecule has 3 rings (SSSR count). The fraction of sp³-hybridized carbons (Fsp3) is 0.619. The molecule has 196 valence electrons. The molecular formula is C21H28O14. The number of carbonyl (C=O) groups excluding carboxylic acids is 1. The van der Waals surface area contributed by atoms with Crippen LogP contribution in [0.5, 0.6) is 0 Å². The van der Waals surface area contributed by atoms with Gasteiger partial charge < -0.3 is 59.8 Å². The largest absolute Gasteiger partial charge is 0.478 e. The number of rotatable bonds is 9. The molecule has 8 N–H and O–H groups in total. The third-order valence-corrected chi connectivity index (χ3v) is 5.87. The number of hydrogen-bond acceptors (Lipinski definition) is 13. The van der Waals surface area contributed by atoms with Gasteiger partial charge in [-0.3, -0.25) is 4.79 Å². The number of carboxylic acid groups (broad SMARTS) is 1. The topological polar surface area (TPSA) is 233 Å². The van der Waals surface area contributed by atoms with Crippen LogP contribution in [0.25, 0.3) is 0 Å². The summed E-state index contributed by atoms with van der Waals surface area (Å²) in [6, 6.07) is 5.68. The van der Waals surface area contributed by atoms with Crippen LogP contribution in [-0.4, -0.2) is 127 Å². The highest BCUT2D eigenvalue weighted by Crippen LogP contribution is 2.36. The number of aliphatic hydroxyl groups is 7. The summed E-state index contributed by atoms with van der Waals surface area (Å²) in [6.07, 6.45) is -14.2. The number of ether oxygens (including phenoxy) is 4. The summed E-state index contributed by atoms with van der Waals surface area (Å²) in [5.41, 5.74) is -0.000269. The summed E-state index contributed by atoms with van der Waals surface area (Å²) in [5.74, 6) is -4.64. The quantitative estimate of drug-likeness (QED) is 0.150. The SMILES string of the molecule is O=C(Cc1ccccc1C(=O)O)OC[C@@]1(O[C@H]2O[C@H](CO)[C@@H](O)[C@H](O)[C@H]2O)O[C@H](CO)[C@@H](O)[C@@H]1O. The molecule has 2 saturated heterocycles. The number of carboxylic acids is 1. The highest BCUT2D eigenvalue weighted by molar-refractivity contribution is 5.91. The highest BCUT2D eigenvalue weighted by Gasteiger charge is 2.59. The van der Waals surface area contributed by atoms with Gasteiger partial charge in [0.1, 0.15) is 49.3 Å². The Hall–Kier alpha value is -2.24. The van der Waals surface area contributed by atoms with E-state index in [1.807, 2.05) is 0 Å². The number of aromatic carboxylic acids is 1. The average Bonchev–Trinajstić information content (AvgIpc) is 3.08. The third kappa shape index (κ3) is 5.62. The van der Waals surface area contributed by atoms with Crippen LogP contribution in [0, 0.1) is 0 Å². The average molecular weight is 504 g/mol. The number of esters is 1. The molecule has 0 aliphatic carbocycles. The Kier molecular flexibility index (Phi) is 8.76. The molecule has 0 bridgehead atoms. The van der Waals surface area contributed by atoms with Crippen molar-refractivity contribution in [2.45, 2.75) is 61.2 Å². The van der Waals surface area contributed by atoms with Crippen molar-refractivity contribution in [1.29, 1.82) is 0 Å². The number of aliphatic hydroxyl groups excluding tert-OH is 7. The Bertz CT molecular complexity index is 893. The van der Waals surface area contributed by atoms with E-state index in [4.69, 9.17) is 18.9 Å². The second-order valence-corrected chi connectivity index (χ2v) is 8.20. The molecule has 1 aromatic rings. The maximum absolute atomic E-state index is 12.5. The predicted octanol–water partition coefficient (Wildman–Crippen LogP) is -3.90. The monoisotopic (exact) mass is 504 g/mol. The van der Waals surface area contributed by atoms with Crippen molar-refractivity contribution < 1.29 is 69.4 Å². The second kappa shape index (κ2) is 11.2. The van der Waals surface area contributed by atoms with Crippen LogP contribution in [0.1, 0.15) is 15.9 Å². The Labute approximate surface area is 198 Å². The van der Waals surface area contributed by atoms with Crippen LogP contribution < -0.4 is 0 Å². The van der Waals surface area contributed by atoms with Crippen molar-refractivity contribution in [2.24, 2.45) is 0 Å². The van der Waals surface area contributed by atoms with Gasteiger partial charge in [-0.1, -0.05) is 18.2 Å². The van der Waals surface area contributed by atoms with Crippen molar-refractivity contribution in [1.82, 2.24) is 0 Å². The summed E-state index contributed by atoms with van der Waals surface area (Å²) in [7, 11) is 0. The minimum Gasteiger partial charge on any atom is -0.478 e. The zero-order chi connectivity index (χ0) is 25.9. The van der Waals surface area contributed by atoms with Gasteiger partial charge in [0.25, 0.3) is 0 Å². The lowest BCUT2D eigenvalue weighted by molar-refractivity contribution is -0.383. The van der Waals surface area contributed by atoms with Crippen LogP contribution in [-0.2, 0) is 30.2 Å². The van der Waals surface area contributed by atoms with Gasteiger partial charge in [-0.25, -0.2) is 4.79 Å². The summed E-state index contributed by atoms with van der Waals surface area (Å²) in [5, 5.41) is 79.1. The molecule has 1 aromatic carbocycles. The molecule has 0 aromatic heterocycles. The normalized spacial score (nSPS) is 37.2. The predicted molar refractivity (Wildman–Crippen MR) is 110 cm³/mol. The van der Waals surface area contributed by atoms with E-state index >= 15 is 0 Å². The molecule has 0 saturated carbocycles. The lowest BCUT2D eigenvalue weighted by Crippen LogP contribution is -2.62. The van der Waals surface area contributed by atoms with Crippen LogP contribution in [0.3, 0.4) is 0 Å². The van der Waals surface area contributed by atoms with Gasteiger partial charge in [0, 0.05) is 0 Å². The summed E-state index contributed by atoms with van der Waals surface area (Å²) >= 11 is 0. The van der Waals surface area contributed by atoms with E-state index in [1.54, 1.807) is 0 Å². The summed E-state index contributed by atoms with van der Waals surface area (Å²) in [4.78, 5) is 23.8. The number of hydrogen-bond donors (Lipinski definition) is 8. The Morgan fingerprint density at radius 2 is 1.57 bits per heavy atom. The molecular weight excluding hydrogens is 476 g/mol. The first-order valence-corrected chi connectivity index (χ1v) is 10.6. The molecule has 0 unspecified atom stereocenters. The third-order valence-electron chi connectivity index (χ3n) is 5.87. The van der Waals surface area contributed by atoms with Crippen LogP contribution >= 0.6 is 0 Å². The van der Waals surface area contributed by atoms with Crippen molar-refractivity contribution in [3.8, 4) is 0 Å². The highest BCUT2D eigenvalue weighted by atomic mass is 16.8. The van der Waals surface area contributed by atoms with Crippen molar-refractivity contribution >= 4 is 11.9 Å². The van der Waals surface area contributed by atoms with Crippen molar-refractivity contribution in [3.05, 3.63) is 35.4 Å². The van der Waals surface area contributed by atoms with E-state index in [9.17, 15) is 50.4 Å².